The molecule has 1 amide bonds. The van der Waals surface area contributed by atoms with Crippen molar-refractivity contribution in [1.82, 2.24) is 10.6 Å². The maximum Gasteiger partial charge on any atom is 0.239 e. The molecule has 0 aliphatic carbocycles. The summed E-state index contributed by atoms with van der Waals surface area (Å²) in [6, 6.07) is 8.25. The molecule has 2 unspecified atom stereocenters. The molecule has 2 N–H and O–H groups in total. The number of ether oxygens (including phenoxy) is 2. The molecule has 2 fully saturated rings. The number of hydrogen-bond donors (Lipinski definition) is 2. The highest BCUT2D eigenvalue weighted by Gasteiger charge is 2.31. The Morgan fingerprint density at radius 3 is 2.79 bits per heavy atom. The summed E-state index contributed by atoms with van der Waals surface area (Å²) in [7, 11) is 0. The van der Waals surface area contributed by atoms with Gasteiger partial charge in [-0.15, -0.1) is 0 Å². The van der Waals surface area contributed by atoms with Crippen LogP contribution in [0.3, 0.4) is 0 Å². The molecule has 0 saturated carbocycles. The van der Waals surface area contributed by atoms with Crippen molar-refractivity contribution in [2.75, 3.05) is 26.3 Å². The molecule has 2 aliphatic heterocycles. The van der Waals surface area contributed by atoms with Crippen LogP contribution in [0.5, 0.6) is 0 Å². The van der Waals surface area contributed by atoms with Gasteiger partial charge in [-0.05, 0) is 32.3 Å². The van der Waals surface area contributed by atoms with Crippen LogP contribution in [0.1, 0.15) is 37.0 Å². The van der Waals surface area contributed by atoms with Gasteiger partial charge in [0.05, 0.1) is 18.8 Å². The summed E-state index contributed by atoms with van der Waals surface area (Å²) >= 11 is 0. The first-order valence-electron chi connectivity index (χ1n) is 8.96. The van der Waals surface area contributed by atoms with E-state index in [1.807, 2.05) is 6.92 Å². The zero-order valence-corrected chi connectivity index (χ0v) is 14.6. The number of carbonyl (C=O) groups excluding carboxylic acids is 1. The van der Waals surface area contributed by atoms with Crippen molar-refractivity contribution in [2.24, 2.45) is 5.92 Å². The third-order valence-electron chi connectivity index (χ3n) is 4.99. The van der Waals surface area contributed by atoms with Crippen molar-refractivity contribution in [1.29, 1.82) is 0 Å². The summed E-state index contributed by atoms with van der Waals surface area (Å²) in [6.07, 6.45) is 2.09. The number of carbonyl (C=O) groups is 1. The first-order chi connectivity index (χ1) is 11.6. The van der Waals surface area contributed by atoms with Gasteiger partial charge < -0.3 is 20.1 Å². The van der Waals surface area contributed by atoms with E-state index in [-0.39, 0.29) is 24.2 Å². The van der Waals surface area contributed by atoms with Crippen LogP contribution in [0.4, 0.5) is 0 Å². The van der Waals surface area contributed by atoms with Crippen molar-refractivity contribution in [3.05, 3.63) is 35.4 Å². The maximum atomic E-state index is 12.4. The van der Waals surface area contributed by atoms with Gasteiger partial charge in [0.2, 0.25) is 5.91 Å². The summed E-state index contributed by atoms with van der Waals surface area (Å²) in [5.74, 6) is 0.334. The second-order valence-corrected chi connectivity index (χ2v) is 6.86. The molecule has 5 nitrogen and oxygen atoms in total. The molecule has 5 heteroatoms. The zero-order valence-electron chi connectivity index (χ0n) is 14.6. The molecule has 24 heavy (non-hydrogen) atoms. The first kappa shape index (κ1) is 17.4. The standard InChI is InChI=1S/C19H28N2O3/c1-13-5-7-15(8-6-13)18-16(4-3-10-24-18)12-21-19(22)17-14(2)23-11-9-20-17/h5-8,14,16-18,20H,3-4,9-12H2,1-2H3,(H,21,22)/t14-,16?,17+,18?/m1/s1. The maximum absolute atomic E-state index is 12.4. The van der Waals surface area contributed by atoms with Crippen LogP contribution in [0.15, 0.2) is 24.3 Å². The van der Waals surface area contributed by atoms with Gasteiger partial charge in [-0.2, -0.15) is 0 Å². The van der Waals surface area contributed by atoms with Crippen LogP contribution >= 0.6 is 0 Å². The quantitative estimate of drug-likeness (QED) is 0.885. The Bertz CT molecular complexity index is 546. The second kappa shape index (κ2) is 8.10. The SMILES string of the molecule is Cc1ccc(C2OCCCC2CNC(=O)[C@H]2NCCO[C@@H]2C)cc1. The minimum Gasteiger partial charge on any atom is -0.375 e. The fourth-order valence-corrected chi connectivity index (χ4v) is 3.55. The molecule has 0 radical (unpaired) electrons. The van der Waals surface area contributed by atoms with Crippen molar-refractivity contribution in [3.8, 4) is 0 Å². The van der Waals surface area contributed by atoms with Gasteiger partial charge in [-0.3, -0.25) is 4.79 Å². The Morgan fingerprint density at radius 2 is 2.04 bits per heavy atom. The fourth-order valence-electron chi connectivity index (χ4n) is 3.55. The van der Waals surface area contributed by atoms with Gasteiger partial charge in [0, 0.05) is 25.6 Å². The Hall–Kier alpha value is -1.43. The number of rotatable bonds is 4. The van der Waals surface area contributed by atoms with Crippen LogP contribution in [-0.2, 0) is 14.3 Å². The van der Waals surface area contributed by atoms with E-state index < -0.39 is 0 Å². The summed E-state index contributed by atoms with van der Waals surface area (Å²) in [5, 5.41) is 6.34. The van der Waals surface area contributed by atoms with E-state index in [9.17, 15) is 4.79 Å². The monoisotopic (exact) mass is 332 g/mol. The molecule has 1 aromatic carbocycles. The van der Waals surface area contributed by atoms with Gasteiger partial charge in [-0.25, -0.2) is 0 Å². The van der Waals surface area contributed by atoms with Gasteiger partial charge in [-0.1, -0.05) is 29.8 Å². The van der Waals surface area contributed by atoms with Crippen molar-refractivity contribution < 1.29 is 14.3 Å². The Morgan fingerprint density at radius 1 is 1.25 bits per heavy atom. The average Bonchev–Trinajstić information content (AvgIpc) is 2.61. The van der Waals surface area contributed by atoms with E-state index in [2.05, 4.69) is 41.8 Å². The molecule has 0 bridgehead atoms. The highest BCUT2D eigenvalue weighted by Crippen LogP contribution is 2.33. The highest BCUT2D eigenvalue weighted by atomic mass is 16.5. The summed E-state index contributed by atoms with van der Waals surface area (Å²) in [4.78, 5) is 12.4. The second-order valence-electron chi connectivity index (χ2n) is 6.86. The average molecular weight is 332 g/mol. The fraction of sp³-hybridized carbons (Fsp3) is 0.632. The summed E-state index contributed by atoms with van der Waals surface area (Å²) < 4.78 is 11.6. The first-order valence-corrected chi connectivity index (χ1v) is 8.96. The third-order valence-corrected chi connectivity index (χ3v) is 4.99. The zero-order chi connectivity index (χ0) is 16.9. The molecular weight excluding hydrogens is 304 g/mol. The lowest BCUT2D eigenvalue weighted by molar-refractivity contribution is -0.129. The Balaban J connectivity index is 1.59. The Kier molecular flexibility index (Phi) is 5.87. The predicted octanol–water partition coefficient (Wildman–Crippen LogP) is 1.96. The molecule has 0 aromatic heterocycles. The number of amides is 1. The van der Waals surface area contributed by atoms with Crippen LogP contribution in [0, 0.1) is 12.8 Å². The number of benzene rings is 1. The lowest BCUT2D eigenvalue weighted by Crippen LogP contribution is -2.56. The molecular formula is C19H28N2O3. The molecule has 2 aliphatic rings. The van der Waals surface area contributed by atoms with E-state index in [0.717, 1.165) is 26.0 Å². The van der Waals surface area contributed by atoms with Gasteiger partial charge in [0.1, 0.15) is 6.04 Å². The van der Waals surface area contributed by atoms with E-state index in [1.165, 1.54) is 11.1 Å². The van der Waals surface area contributed by atoms with Crippen molar-refractivity contribution in [2.45, 2.75) is 44.9 Å². The van der Waals surface area contributed by atoms with E-state index in [0.29, 0.717) is 19.1 Å². The molecule has 132 valence electrons. The lowest BCUT2D eigenvalue weighted by Gasteiger charge is -2.34. The lowest BCUT2D eigenvalue weighted by atomic mass is 9.89. The van der Waals surface area contributed by atoms with Gasteiger partial charge in [0.15, 0.2) is 0 Å². The van der Waals surface area contributed by atoms with Crippen LogP contribution in [-0.4, -0.2) is 44.4 Å². The minimum atomic E-state index is -0.263. The summed E-state index contributed by atoms with van der Waals surface area (Å²) in [5.41, 5.74) is 2.45. The largest absolute Gasteiger partial charge is 0.375 e. The number of hydrogen-bond acceptors (Lipinski definition) is 4. The number of morpholine rings is 1. The molecule has 2 saturated heterocycles. The molecule has 2 heterocycles. The molecule has 4 atom stereocenters. The van der Waals surface area contributed by atoms with Crippen molar-refractivity contribution in [3.63, 3.8) is 0 Å². The van der Waals surface area contributed by atoms with E-state index in [1.54, 1.807) is 0 Å². The van der Waals surface area contributed by atoms with Gasteiger partial charge in [0.25, 0.3) is 0 Å². The number of nitrogens with one attached hydrogen (secondary N) is 2. The molecule has 3 rings (SSSR count). The van der Waals surface area contributed by atoms with Crippen molar-refractivity contribution >= 4 is 5.91 Å². The summed E-state index contributed by atoms with van der Waals surface area (Å²) in [6.45, 7) is 6.84. The molecule has 0 spiro atoms. The van der Waals surface area contributed by atoms with E-state index >= 15 is 0 Å². The van der Waals surface area contributed by atoms with Crippen LogP contribution in [0.2, 0.25) is 0 Å². The smallest absolute Gasteiger partial charge is 0.239 e. The normalized spacial score (nSPS) is 30.8. The molecule has 1 aromatic rings. The van der Waals surface area contributed by atoms with Crippen LogP contribution < -0.4 is 10.6 Å². The minimum absolute atomic E-state index is 0.0235. The Labute approximate surface area is 144 Å². The van der Waals surface area contributed by atoms with E-state index in [4.69, 9.17) is 9.47 Å². The number of aryl methyl sites for hydroxylation is 1. The highest BCUT2D eigenvalue weighted by molar-refractivity contribution is 5.82. The van der Waals surface area contributed by atoms with Crippen LogP contribution in [0.25, 0.3) is 0 Å². The predicted molar refractivity (Wildman–Crippen MR) is 92.8 cm³/mol. The van der Waals surface area contributed by atoms with Gasteiger partial charge >= 0.3 is 0 Å². The third kappa shape index (κ3) is 4.15. The topological polar surface area (TPSA) is 59.6 Å².